The summed E-state index contributed by atoms with van der Waals surface area (Å²) in [4.78, 5) is 23.2. The maximum Gasteiger partial charge on any atom is 0.251 e. The molecule has 0 aliphatic carbocycles. The van der Waals surface area contributed by atoms with Crippen molar-refractivity contribution in [3.8, 4) is 0 Å². The molecule has 2 amide bonds. The summed E-state index contributed by atoms with van der Waals surface area (Å²) >= 11 is 0. The maximum atomic E-state index is 13.3. The van der Waals surface area contributed by atoms with Crippen LogP contribution in [0.4, 0.5) is 4.39 Å². The van der Waals surface area contributed by atoms with Crippen molar-refractivity contribution >= 4 is 11.8 Å². The first-order chi connectivity index (χ1) is 9.90. The Morgan fingerprint density at radius 3 is 2.57 bits per heavy atom. The lowest BCUT2D eigenvalue weighted by molar-refractivity contribution is -0.121. The molecule has 1 rings (SSSR count). The Kier molecular flexibility index (Phi) is 6.81. The van der Waals surface area contributed by atoms with Crippen LogP contribution >= 0.6 is 0 Å². The molecule has 0 spiro atoms. The van der Waals surface area contributed by atoms with Gasteiger partial charge in [0.05, 0.1) is 0 Å². The van der Waals surface area contributed by atoms with Crippen LogP contribution in [-0.2, 0) is 4.79 Å². The molecule has 5 nitrogen and oxygen atoms in total. The largest absolute Gasteiger partial charge is 0.354 e. The van der Waals surface area contributed by atoms with E-state index >= 15 is 0 Å². The van der Waals surface area contributed by atoms with Crippen LogP contribution in [0, 0.1) is 12.7 Å². The lowest BCUT2D eigenvalue weighted by atomic mass is 10.1. The molecule has 0 fully saturated rings. The lowest BCUT2D eigenvalue weighted by Crippen LogP contribution is -2.35. The molecule has 0 aromatic heterocycles. The highest BCUT2D eigenvalue weighted by Gasteiger charge is 2.08. The van der Waals surface area contributed by atoms with E-state index in [4.69, 9.17) is 5.73 Å². The highest BCUT2D eigenvalue weighted by molar-refractivity contribution is 5.94. The third kappa shape index (κ3) is 6.35. The monoisotopic (exact) mass is 295 g/mol. The van der Waals surface area contributed by atoms with Gasteiger partial charge >= 0.3 is 0 Å². The van der Waals surface area contributed by atoms with Crippen molar-refractivity contribution in [2.75, 3.05) is 13.1 Å². The van der Waals surface area contributed by atoms with Crippen molar-refractivity contribution in [2.24, 2.45) is 5.73 Å². The lowest BCUT2D eigenvalue weighted by Gasteiger charge is -2.08. The highest BCUT2D eigenvalue weighted by Crippen LogP contribution is 2.08. The topological polar surface area (TPSA) is 84.2 Å². The number of rotatable bonds is 7. The summed E-state index contributed by atoms with van der Waals surface area (Å²) in [6, 6.07) is 4.31. The van der Waals surface area contributed by atoms with Crippen molar-refractivity contribution in [3.05, 3.63) is 35.1 Å². The number of amides is 2. The van der Waals surface area contributed by atoms with Gasteiger partial charge in [0.1, 0.15) is 5.82 Å². The molecule has 4 N–H and O–H groups in total. The smallest absolute Gasteiger partial charge is 0.251 e. The van der Waals surface area contributed by atoms with E-state index in [0.717, 1.165) is 0 Å². The summed E-state index contributed by atoms with van der Waals surface area (Å²) in [5, 5.41) is 5.30. The van der Waals surface area contributed by atoms with Crippen molar-refractivity contribution in [2.45, 2.75) is 32.7 Å². The molecule has 116 valence electrons. The number of benzene rings is 1. The van der Waals surface area contributed by atoms with Gasteiger partial charge in [0.2, 0.25) is 5.91 Å². The quantitative estimate of drug-likeness (QED) is 0.659. The van der Waals surface area contributed by atoms with Gasteiger partial charge in [-0.25, -0.2) is 4.39 Å². The molecule has 0 heterocycles. The number of hydrogen-bond acceptors (Lipinski definition) is 3. The van der Waals surface area contributed by atoms with Gasteiger partial charge in [-0.15, -0.1) is 0 Å². The molecule has 6 heteroatoms. The second-order valence-electron chi connectivity index (χ2n) is 5.09. The van der Waals surface area contributed by atoms with Crippen LogP contribution in [0.5, 0.6) is 0 Å². The maximum absolute atomic E-state index is 13.3. The van der Waals surface area contributed by atoms with Crippen LogP contribution in [0.1, 0.15) is 35.7 Å². The minimum absolute atomic E-state index is 0.00751. The van der Waals surface area contributed by atoms with E-state index in [1.807, 2.05) is 6.92 Å². The Bertz CT molecular complexity index is 504. The normalized spacial score (nSPS) is 11.8. The Hall–Kier alpha value is -1.95. The molecular weight excluding hydrogens is 273 g/mol. The van der Waals surface area contributed by atoms with E-state index in [1.165, 1.54) is 6.07 Å². The fraction of sp³-hybridized carbons (Fsp3) is 0.467. The molecular formula is C15H22FN3O2. The zero-order valence-electron chi connectivity index (χ0n) is 12.4. The van der Waals surface area contributed by atoms with E-state index in [1.54, 1.807) is 19.1 Å². The summed E-state index contributed by atoms with van der Waals surface area (Å²) < 4.78 is 13.3. The highest BCUT2D eigenvalue weighted by atomic mass is 19.1. The minimum atomic E-state index is -0.410. The molecule has 0 radical (unpaired) electrons. The standard InChI is InChI=1S/C15H22FN3O2/c1-10-3-5-12(9-13(10)16)15(21)19-8-7-18-14(20)6-4-11(2)17/h3,5,9,11H,4,6-8,17H2,1-2H3,(H,18,20)(H,19,21). The van der Waals surface area contributed by atoms with Gasteiger partial charge in [-0.2, -0.15) is 0 Å². The van der Waals surface area contributed by atoms with Gasteiger partial charge in [-0.05, 0) is 38.0 Å². The van der Waals surface area contributed by atoms with Crippen molar-refractivity contribution in [1.29, 1.82) is 0 Å². The molecule has 1 aromatic rings. The fourth-order valence-electron chi connectivity index (χ4n) is 1.66. The van der Waals surface area contributed by atoms with Crippen LogP contribution < -0.4 is 16.4 Å². The number of carbonyl (C=O) groups is 2. The van der Waals surface area contributed by atoms with Gasteiger partial charge in [-0.3, -0.25) is 9.59 Å². The van der Waals surface area contributed by atoms with Gasteiger partial charge in [0.25, 0.3) is 5.91 Å². The predicted molar refractivity (Wildman–Crippen MR) is 79.4 cm³/mol. The second-order valence-corrected chi connectivity index (χ2v) is 5.09. The van der Waals surface area contributed by atoms with Crippen LogP contribution in [0.15, 0.2) is 18.2 Å². The van der Waals surface area contributed by atoms with E-state index in [0.29, 0.717) is 24.9 Å². The Morgan fingerprint density at radius 1 is 1.29 bits per heavy atom. The van der Waals surface area contributed by atoms with E-state index < -0.39 is 5.82 Å². The third-order valence-corrected chi connectivity index (χ3v) is 2.99. The molecule has 1 aromatic carbocycles. The molecule has 0 aliphatic heterocycles. The van der Waals surface area contributed by atoms with E-state index in [9.17, 15) is 14.0 Å². The first kappa shape index (κ1) is 17.1. The summed E-state index contributed by atoms with van der Waals surface area (Å²) in [6.45, 7) is 4.10. The molecule has 0 bridgehead atoms. The number of nitrogens with one attached hydrogen (secondary N) is 2. The van der Waals surface area contributed by atoms with Gasteiger partial charge < -0.3 is 16.4 Å². The average molecular weight is 295 g/mol. The Morgan fingerprint density at radius 2 is 1.95 bits per heavy atom. The van der Waals surface area contributed by atoms with Crippen molar-refractivity contribution < 1.29 is 14.0 Å². The number of hydrogen-bond donors (Lipinski definition) is 3. The van der Waals surface area contributed by atoms with E-state index in [-0.39, 0.29) is 30.0 Å². The summed E-state index contributed by atoms with van der Waals surface area (Å²) in [6.07, 6.45) is 0.996. The second kappa shape index (κ2) is 8.36. The summed E-state index contributed by atoms with van der Waals surface area (Å²) in [5.74, 6) is -0.867. The van der Waals surface area contributed by atoms with Gasteiger partial charge in [-0.1, -0.05) is 6.07 Å². The molecule has 1 unspecified atom stereocenters. The van der Waals surface area contributed by atoms with Crippen LogP contribution in [0.2, 0.25) is 0 Å². The third-order valence-electron chi connectivity index (χ3n) is 2.99. The van der Waals surface area contributed by atoms with Gasteiger partial charge in [0.15, 0.2) is 0 Å². The summed E-state index contributed by atoms with van der Waals surface area (Å²) in [5.41, 5.74) is 6.31. The Balaban J connectivity index is 2.27. The number of aryl methyl sites for hydroxylation is 1. The van der Waals surface area contributed by atoms with Crippen molar-refractivity contribution in [3.63, 3.8) is 0 Å². The number of carbonyl (C=O) groups excluding carboxylic acids is 2. The fourth-order valence-corrected chi connectivity index (χ4v) is 1.66. The molecule has 0 saturated carbocycles. The zero-order valence-corrected chi connectivity index (χ0v) is 12.4. The Labute approximate surface area is 124 Å². The average Bonchev–Trinajstić information content (AvgIpc) is 2.44. The minimum Gasteiger partial charge on any atom is -0.354 e. The zero-order chi connectivity index (χ0) is 15.8. The van der Waals surface area contributed by atoms with Crippen LogP contribution in [0.3, 0.4) is 0 Å². The first-order valence-corrected chi connectivity index (χ1v) is 6.96. The first-order valence-electron chi connectivity index (χ1n) is 6.96. The predicted octanol–water partition coefficient (Wildman–Crippen LogP) is 1.11. The molecule has 0 saturated heterocycles. The van der Waals surface area contributed by atoms with Gasteiger partial charge in [0, 0.05) is 31.1 Å². The van der Waals surface area contributed by atoms with Crippen LogP contribution in [0.25, 0.3) is 0 Å². The van der Waals surface area contributed by atoms with Crippen molar-refractivity contribution in [1.82, 2.24) is 10.6 Å². The molecule has 1 atom stereocenters. The molecule has 21 heavy (non-hydrogen) atoms. The summed E-state index contributed by atoms with van der Waals surface area (Å²) in [7, 11) is 0. The number of nitrogens with two attached hydrogens (primary N) is 1. The molecule has 0 aliphatic rings. The van der Waals surface area contributed by atoms with E-state index in [2.05, 4.69) is 10.6 Å². The van der Waals surface area contributed by atoms with Crippen LogP contribution in [-0.4, -0.2) is 30.9 Å². The number of halogens is 1. The SMILES string of the molecule is Cc1ccc(C(=O)NCCNC(=O)CCC(C)N)cc1F.